The second-order valence-electron chi connectivity index (χ2n) is 3.79. The highest BCUT2D eigenvalue weighted by Crippen LogP contribution is 2.12. The monoisotopic (exact) mass is 243 g/mol. The molecule has 1 atom stereocenters. The Morgan fingerprint density at radius 3 is 2.88 bits per heavy atom. The van der Waals surface area contributed by atoms with Gasteiger partial charge in [0.2, 0.25) is 11.8 Å². The molecule has 1 N–H and O–H groups in total. The van der Waals surface area contributed by atoms with Crippen molar-refractivity contribution in [2.45, 2.75) is 26.1 Å². The third kappa shape index (κ3) is 4.23. The third-order valence-corrected chi connectivity index (χ3v) is 2.76. The summed E-state index contributed by atoms with van der Waals surface area (Å²) >= 11 is 6.12. The Kier molecular flexibility index (Phi) is 5.32. The zero-order valence-corrected chi connectivity index (χ0v) is 10.7. The molecule has 0 aliphatic heterocycles. The van der Waals surface area contributed by atoms with Crippen molar-refractivity contribution in [2.24, 2.45) is 5.92 Å². The Labute approximate surface area is 101 Å². The van der Waals surface area contributed by atoms with E-state index in [0.717, 1.165) is 0 Å². The highest BCUT2D eigenvalue weighted by molar-refractivity contribution is 6.21. The number of hydrogen-bond acceptors (Lipinski definition) is 4. The summed E-state index contributed by atoms with van der Waals surface area (Å²) in [6, 6.07) is 1.73. The van der Waals surface area contributed by atoms with Crippen LogP contribution in [0.25, 0.3) is 0 Å². The molecule has 0 amide bonds. The van der Waals surface area contributed by atoms with Crippen LogP contribution in [-0.2, 0) is 0 Å². The number of nitrogens with zero attached hydrogens (tertiary/aromatic N) is 2. The summed E-state index contributed by atoms with van der Waals surface area (Å²) in [5.74, 6) is 1.55. The smallest absolute Gasteiger partial charge is 0.225 e. The van der Waals surface area contributed by atoms with Crippen LogP contribution in [0.3, 0.4) is 0 Å². The molecule has 0 saturated heterocycles. The summed E-state index contributed by atoms with van der Waals surface area (Å²) in [5, 5.41) is 3.16. The minimum absolute atomic E-state index is 0.0688. The minimum Gasteiger partial charge on any atom is -0.478 e. The van der Waals surface area contributed by atoms with E-state index < -0.39 is 0 Å². The first kappa shape index (κ1) is 13.0. The SMILES string of the molecule is CCOc1ccnc(NCC(Cl)C(C)C)n1. The lowest BCUT2D eigenvalue weighted by Crippen LogP contribution is -2.20. The largest absolute Gasteiger partial charge is 0.478 e. The predicted molar refractivity (Wildman–Crippen MR) is 66.2 cm³/mol. The Balaban J connectivity index is 2.50. The van der Waals surface area contributed by atoms with Gasteiger partial charge in [-0.1, -0.05) is 13.8 Å². The summed E-state index contributed by atoms with van der Waals surface area (Å²) in [6.07, 6.45) is 1.67. The molecular formula is C11H18ClN3O. The van der Waals surface area contributed by atoms with Gasteiger partial charge in [-0.05, 0) is 12.8 Å². The van der Waals surface area contributed by atoms with Crippen molar-refractivity contribution in [1.82, 2.24) is 9.97 Å². The van der Waals surface area contributed by atoms with E-state index >= 15 is 0 Å². The summed E-state index contributed by atoms with van der Waals surface area (Å²) in [5.41, 5.74) is 0. The van der Waals surface area contributed by atoms with Crippen LogP contribution in [0.5, 0.6) is 5.88 Å². The van der Waals surface area contributed by atoms with E-state index in [4.69, 9.17) is 16.3 Å². The number of anilines is 1. The minimum atomic E-state index is 0.0688. The molecule has 0 radical (unpaired) electrons. The molecule has 0 fully saturated rings. The maximum atomic E-state index is 6.12. The molecule has 0 bridgehead atoms. The average Bonchev–Trinajstić information content (AvgIpc) is 2.26. The number of aromatic nitrogens is 2. The van der Waals surface area contributed by atoms with Crippen molar-refractivity contribution in [3.05, 3.63) is 12.3 Å². The van der Waals surface area contributed by atoms with Crippen LogP contribution in [0.4, 0.5) is 5.95 Å². The van der Waals surface area contributed by atoms with Crippen molar-refractivity contribution in [3.63, 3.8) is 0 Å². The first-order valence-electron chi connectivity index (χ1n) is 5.47. The molecule has 90 valence electrons. The molecule has 0 aliphatic carbocycles. The van der Waals surface area contributed by atoms with Gasteiger partial charge in [0.05, 0.1) is 12.0 Å². The first-order valence-corrected chi connectivity index (χ1v) is 5.91. The fourth-order valence-corrected chi connectivity index (χ4v) is 1.16. The molecule has 1 unspecified atom stereocenters. The summed E-state index contributed by atoms with van der Waals surface area (Å²) < 4.78 is 5.28. The summed E-state index contributed by atoms with van der Waals surface area (Å²) in [4.78, 5) is 8.28. The Bertz CT molecular complexity index is 320. The summed E-state index contributed by atoms with van der Waals surface area (Å²) in [6.45, 7) is 7.33. The molecule has 1 aromatic rings. The van der Waals surface area contributed by atoms with E-state index in [2.05, 4.69) is 29.1 Å². The van der Waals surface area contributed by atoms with Crippen molar-refractivity contribution in [2.75, 3.05) is 18.5 Å². The van der Waals surface area contributed by atoms with Crippen molar-refractivity contribution in [3.8, 4) is 5.88 Å². The fraction of sp³-hybridized carbons (Fsp3) is 0.636. The van der Waals surface area contributed by atoms with Crippen molar-refractivity contribution >= 4 is 17.5 Å². The number of hydrogen-bond donors (Lipinski definition) is 1. The van der Waals surface area contributed by atoms with Crippen LogP contribution in [0.2, 0.25) is 0 Å². The van der Waals surface area contributed by atoms with Gasteiger partial charge in [0.15, 0.2) is 0 Å². The van der Waals surface area contributed by atoms with Crippen LogP contribution in [-0.4, -0.2) is 28.5 Å². The number of halogens is 1. The molecular weight excluding hydrogens is 226 g/mol. The number of nitrogens with one attached hydrogen (secondary N) is 1. The molecule has 1 aromatic heterocycles. The van der Waals surface area contributed by atoms with E-state index in [1.165, 1.54) is 0 Å². The van der Waals surface area contributed by atoms with E-state index in [9.17, 15) is 0 Å². The molecule has 5 heteroatoms. The maximum Gasteiger partial charge on any atom is 0.225 e. The summed E-state index contributed by atoms with van der Waals surface area (Å²) in [7, 11) is 0. The number of rotatable bonds is 6. The lowest BCUT2D eigenvalue weighted by atomic mass is 10.1. The van der Waals surface area contributed by atoms with Crippen LogP contribution in [0.15, 0.2) is 12.3 Å². The second-order valence-corrected chi connectivity index (χ2v) is 4.35. The van der Waals surface area contributed by atoms with Gasteiger partial charge in [0, 0.05) is 18.8 Å². The van der Waals surface area contributed by atoms with E-state index in [0.29, 0.717) is 30.9 Å². The number of ether oxygens (including phenoxy) is 1. The van der Waals surface area contributed by atoms with E-state index in [1.807, 2.05) is 6.92 Å². The molecule has 16 heavy (non-hydrogen) atoms. The highest BCUT2D eigenvalue weighted by Gasteiger charge is 2.09. The molecule has 0 aromatic carbocycles. The van der Waals surface area contributed by atoms with Crippen molar-refractivity contribution in [1.29, 1.82) is 0 Å². The van der Waals surface area contributed by atoms with Gasteiger partial charge in [-0.2, -0.15) is 4.98 Å². The van der Waals surface area contributed by atoms with Gasteiger partial charge in [-0.15, -0.1) is 11.6 Å². The van der Waals surface area contributed by atoms with Gasteiger partial charge in [0.25, 0.3) is 0 Å². The maximum absolute atomic E-state index is 6.12. The van der Waals surface area contributed by atoms with Gasteiger partial charge in [0.1, 0.15) is 0 Å². The predicted octanol–water partition coefficient (Wildman–Crippen LogP) is 2.55. The fourth-order valence-electron chi connectivity index (χ4n) is 1.08. The average molecular weight is 244 g/mol. The van der Waals surface area contributed by atoms with Gasteiger partial charge in [-0.25, -0.2) is 4.98 Å². The van der Waals surface area contributed by atoms with Crippen molar-refractivity contribution < 1.29 is 4.74 Å². The number of alkyl halides is 1. The van der Waals surface area contributed by atoms with Gasteiger partial charge >= 0.3 is 0 Å². The molecule has 1 rings (SSSR count). The molecule has 0 spiro atoms. The second kappa shape index (κ2) is 6.53. The van der Waals surface area contributed by atoms with Crippen LogP contribution < -0.4 is 10.1 Å². The van der Waals surface area contributed by atoms with Crippen LogP contribution in [0.1, 0.15) is 20.8 Å². The zero-order valence-electron chi connectivity index (χ0n) is 9.90. The topological polar surface area (TPSA) is 47.0 Å². The van der Waals surface area contributed by atoms with E-state index in [-0.39, 0.29) is 5.38 Å². The quantitative estimate of drug-likeness (QED) is 0.780. The Morgan fingerprint density at radius 2 is 2.25 bits per heavy atom. The Morgan fingerprint density at radius 1 is 1.50 bits per heavy atom. The van der Waals surface area contributed by atoms with E-state index in [1.54, 1.807) is 12.3 Å². The highest BCUT2D eigenvalue weighted by atomic mass is 35.5. The molecule has 1 heterocycles. The zero-order chi connectivity index (χ0) is 12.0. The third-order valence-electron chi connectivity index (χ3n) is 2.10. The lowest BCUT2D eigenvalue weighted by Gasteiger charge is -2.14. The standard InChI is InChI=1S/C11H18ClN3O/c1-4-16-10-5-6-13-11(15-10)14-7-9(12)8(2)3/h5-6,8-9H,4,7H2,1-3H3,(H,13,14,15). The molecule has 4 nitrogen and oxygen atoms in total. The Hall–Kier alpha value is -1.03. The molecule has 0 saturated carbocycles. The van der Waals surface area contributed by atoms with Gasteiger partial charge < -0.3 is 10.1 Å². The van der Waals surface area contributed by atoms with Crippen LogP contribution >= 0.6 is 11.6 Å². The first-order chi connectivity index (χ1) is 7.63. The normalized spacial score (nSPS) is 12.6. The lowest BCUT2D eigenvalue weighted by molar-refractivity contribution is 0.326. The van der Waals surface area contributed by atoms with Crippen LogP contribution in [0, 0.1) is 5.92 Å². The molecule has 0 aliphatic rings. The van der Waals surface area contributed by atoms with Gasteiger partial charge in [-0.3, -0.25) is 0 Å².